The number of carbonyl (C=O) groups is 1. The lowest BCUT2D eigenvalue weighted by Crippen LogP contribution is -2.56. The van der Waals surface area contributed by atoms with Crippen LogP contribution in [0, 0.1) is 5.92 Å². The van der Waals surface area contributed by atoms with Gasteiger partial charge in [-0.2, -0.15) is 0 Å². The van der Waals surface area contributed by atoms with Gasteiger partial charge in [0.2, 0.25) is 0 Å². The van der Waals surface area contributed by atoms with Crippen LogP contribution in [0.1, 0.15) is 41.5 Å². The van der Waals surface area contributed by atoms with Crippen molar-refractivity contribution in [3.05, 3.63) is 114 Å². The third-order valence-electron chi connectivity index (χ3n) is 6.84. The number of benzene rings is 1. The molecule has 0 aromatic heterocycles. The van der Waals surface area contributed by atoms with Gasteiger partial charge >= 0.3 is 0 Å². The Hall–Kier alpha value is -3.61. The molecule has 42 heavy (non-hydrogen) atoms. The molecule has 1 aromatic carbocycles. The molecule has 1 aromatic rings. The third kappa shape index (κ3) is 9.20. The van der Waals surface area contributed by atoms with Crippen molar-refractivity contribution in [2.75, 3.05) is 32.8 Å². The topological polar surface area (TPSA) is 48.4 Å². The van der Waals surface area contributed by atoms with E-state index in [9.17, 15) is 4.79 Å². The highest BCUT2D eigenvalue weighted by atomic mass is 35.5. The van der Waals surface area contributed by atoms with E-state index in [4.69, 9.17) is 21.3 Å². The Morgan fingerprint density at radius 1 is 1.07 bits per heavy atom. The first-order chi connectivity index (χ1) is 20.2. The second-order valence-corrected chi connectivity index (χ2v) is 10.5. The molecule has 3 rings (SSSR count). The maximum Gasteiger partial charge on any atom is 0.260 e. The molecule has 0 N–H and O–H groups in total. The molecule has 2 aliphatic rings. The Balaban J connectivity index is 0.00000301. The van der Waals surface area contributed by atoms with E-state index in [1.54, 1.807) is 36.4 Å². The van der Waals surface area contributed by atoms with Gasteiger partial charge in [0.15, 0.2) is 6.61 Å². The fourth-order valence-electron chi connectivity index (χ4n) is 4.63. The van der Waals surface area contributed by atoms with E-state index in [2.05, 4.69) is 74.6 Å². The van der Waals surface area contributed by atoms with E-state index in [1.165, 1.54) is 0 Å². The van der Waals surface area contributed by atoms with E-state index in [1.807, 2.05) is 31.7 Å². The molecule has 0 radical (unpaired) electrons. The number of hydrogen-bond donors (Lipinski definition) is 0. The van der Waals surface area contributed by atoms with Gasteiger partial charge in [-0.05, 0) is 62.3 Å². The lowest BCUT2D eigenvalue weighted by Gasteiger charge is -2.42. The molecule has 1 fully saturated rings. The third-order valence-corrected chi connectivity index (χ3v) is 7.09. The predicted molar refractivity (Wildman–Crippen MR) is 179 cm³/mol. The van der Waals surface area contributed by atoms with Crippen molar-refractivity contribution in [2.45, 2.75) is 47.6 Å². The van der Waals surface area contributed by atoms with Gasteiger partial charge in [0, 0.05) is 48.2 Å². The molecule has 226 valence electrons. The summed E-state index contributed by atoms with van der Waals surface area (Å²) in [6.07, 6.45) is 13.9. The zero-order valence-corrected chi connectivity index (χ0v) is 26.9. The van der Waals surface area contributed by atoms with Crippen LogP contribution in [0.2, 0.25) is 5.02 Å². The lowest BCUT2D eigenvalue weighted by atomic mass is 10.0. The minimum atomic E-state index is -0.0385. The second-order valence-electron chi connectivity index (χ2n) is 10.0. The van der Waals surface area contributed by atoms with Gasteiger partial charge in [-0.15, -0.1) is 0 Å². The van der Waals surface area contributed by atoms with Crippen LogP contribution in [-0.2, 0) is 4.79 Å². The van der Waals surface area contributed by atoms with Gasteiger partial charge in [-0.25, -0.2) is 4.99 Å². The maximum absolute atomic E-state index is 12.8. The molecule has 1 amide bonds. The Labute approximate surface area is 258 Å². The molecule has 2 aliphatic heterocycles. The number of amides is 1. The van der Waals surface area contributed by atoms with E-state index in [-0.39, 0.29) is 18.6 Å². The minimum absolute atomic E-state index is 0.00326. The smallest absolute Gasteiger partial charge is 0.260 e. The van der Waals surface area contributed by atoms with Gasteiger partial charge < -0.3 is 9.64 Å². The quantitative estimate of drug-likeness (QED) is 0.247. The van der Waals surface area contributed by atoms with E-state index >= 15 is 0 Å². The number of piperazine rings is 1. The molecular formula is C35H47ClN4O2. The summed E-state index contributed by atoms with van der Waals surface area (Å²) in [7, 11) is 0. The van der Waals surface area contributed by atoms with Crippen molar-refractivity contribution in [1.29, 1.82) is 0 Å². The molecule has 1 unspecified atom stereocenters. The number of nitrogens with zero attached hydrogens (tertiary/aromatic N) is 4. The molecule has 1 atom stereocenters. The van der Waals surface area contributed by atoms with Crippen LogP contribution >= 0.6 is 11.6 Å². The number of allylic oxidation sites excluding steroid dienone is 7. The Morgan fingerprint density at radius 2 is 1.71 bits per heavy atom. The predicted octanol–water partition coefficient (Wildman–Crippen LogP) is 7.80. The van der Waals surface area contributed by atoms with Crippen LogP contribution in [0.4, 0.5) is 0 Å². The summed E-state index contributed by atoms with van der Waals surface area (Å²) in [5, 5.41) is 0.630. The number of aliphatic imine (C=N–C) groups is 1. The van der Waals surface area contributed by atoms with Crippen LogP contribution in [0.3, 0.4) is 0 Å². The van der Waals surface area contributed by atoms with Crippen molar-refractivity contribution in [3.63, 3.8) is 0 Å². The summed E-state index contributed by atoms with van der Waals surface area (Å²) < 4.78 is 5.67. The minimum Gasteiger partial charge on any atom is -0.484 e. The fraction of sp³-hybridized carbons (Fsp3) is 0.371. The van der Waals surface area contributed by atoms with E-state index < -0.39 is 0 Å². The average molecular weight is 591 g/mol. The fourth-order valence-corrected chi connectivity index (χ4v) is 4.75. The van der Waals surface area contributed by atoms with Gasteiger partial charge in [0.1, 0.15) is 11.6 Å². The second kappa shape index (κ2) is 17.4. The zero-order valence-electron chi connectivity index (χ0n) is 26.1. The molecule has 7 heteroatoms. The summed E-state index contributed by atoms with van der Waals surface area (Å²) in [5.41, 5.74) is 3.37. The summed E-state index contributed by atoms with van der Waals surface area (Å²) in [4.78, 5) is 24.2. The van der Waals surface area contributed by atoms with Crippen molar-refractivity contribution in [1.82, 2.24) is 14.7 Å². The SMILES string of the molecule is C=CC1=C(C=C)C(=C)N(C(/C=C\C)=C/C=C\C(C)C)C(C(C)N2CCN(C(=O)COc3ccc(Cl)cc3)CC2)=N1.CC. The number of rotatable bonds is 11. The Kier molecular flexibility index (Phi) is 14.3. The molecule has 1 saturated heterocycles. The largest absolute Gasteiger partial charge is 0.484 e. The summed E-state index contributed by atoms with van der Waals surface area (Å²) >= 11 is 5.93. The van der Waals surface area contributed by atoms with Crippen LogP contribution in [0.15, 0.2) is 114 Å². The van der Waals surface area contributed by atoms with Crippen molar-refractivity contribution in [2.24, 2.45) is 10.9 Å². The van der Waals surface area contributed by atoms with Crippen LogP contribution in [-0.4, -0.2) is 65.3 Å². The molecule has 0 spiro atoms. The zero-order chi connectivity index (χ0) is 31.2. The van der Waals surface area contributed by atoms with Crippen LogP contribution < -0.4 is 4.74 Å². The van der Waals surface area contributed by atoms with Crippen molar-refractivity contribution in [3.8, 4) is 5.75 Å². The lowest BCUT2D eigenvalue weighted by molar-refractivity contribution is -0.135. The summed E-state index contributed by atoms with van der Waals surface area (Å²) in [5.74, 6) is 1.89. The first-order valence-corrected chi connectivity index (χ1v) is 15.1. The number of carbonyl (C=O) groups excluding carboxylic acids is 1. The van der Waals surface area contributed by atoms with Crippen molar-refractivity contribution < 1.29 is 9.53 Å². The van der Waals surface area contributed by atoms with Crippen molar-refractivity contribution >= 4 is 23.3 Å². The van der Waals surface area contributed by atoms with E-state index in [0.717, 1.165) is 28.5 Å². The number of hydrogen-bond acceptors (Lipinski definition) is 5. The van der Waals surface area contributed by atoms with Gasteiger partial charge in [0.25, 0.3) is 5.91 Å². The average Bonchev–Trinajstić information content (AvgIpc) is 3.00. The normalized spacial score (nSPS) is 17.4. The first-order valence-electron chi connectivity index (χ1n) is 14.7. The highest BCUT2D eigenvalue weighted by Crippen LogP contribution is 2.32. The molecule has 0 aliphatic carbocycles. The molecule has 0 saturated carbocycles. The molecule has 6 nitrogen and oxygen atoms in total. The number of amidine groups is 1. The Bertz CT molecular complexity index is 1250. The van der Waals surface area contributed by atoms with Crippen LogP contribution in [0.5, 0.6) is 5.75 Å². The summed E-state index contributed by atoms with van der Waals surface area (Å²) in [6.45, 7) is 27.5. The number of halogens is 1. The van der Waals surface area contributed by atoms with Gasteiger partial charge in [-0.1, -0.05) is 83.3 Å². The summed E-state index contributed by atoms with van der Waals surface area (Å²) in [6, 6.07) is 6.98. The Morgan fingerprint density at radius 3 is 2.26 bits per heavy atom. The van der Waals surface area contributed by atoms with Crippen LogP contribution in [0.25, 0.3) is 0 Å². The molecule has 2 heterocycles. The number of ether oxygens (including phenoxy) is 1. The highest BCUT2D eigenvalue weighted by Gasteiger charge is 2.33. The first kappa shape index (κ1) is 34.6. The monoisotopic (exact) mass is 590 g/mol. The van der Waals surface area contributed by atoms with Gasteiger partial charge in [0.05, 0.1) is 11.7 Å². The van der Waals surface area contributed by atoms with Gasteiger partial charge in [-0.3, -0.25) is 14.6 Å². The molecule has 0 bridgehead atoms. The highest BCUT2D eigenvalue weighted by molar-refractivity contribution is 6.30. The molecular weight excluding hydrogens is 544 g/mol. The standard InChI is InChI=1S/C33H41ClN4O2.C2H6/c1-8-12-28(14-11-13-24(4)5)38-25(6)30(9-2)31(10-3)35-33(38)26(7)36-19-21-37(22-20-36)32(39)23-40-29-17-15-27(34)16-18-29;1-2/h8-18,24,26H,2-3,6,19-23H2,1,4-5,7H3;1-2H3/b12-8-,13-11-,28-14+;. The maximum atomic E-state index is 12.8. The van der Waals surface area contributed by atoms with E-state index in [0.29, 0.717) is 42.9 Å².